The van der Waals surface area contributed by atoms with Crippen molar-refractivity contribution >= 4 is 39.2 Å². The second-order valence-electron chi connectivity index (χ2n) is 8.19. The van der Waals surface area contributed by atoms with Crippen molar-refractivity contribution in [3.8, 4) is 0 Å². The molecule has 1 unspecified atom stereocenters. The molecule has 178 valence electrons. The Kier molecular flexibility index (Phi) is 5.65. The van der Waals surface area contributed by atoms with E-state index in [0.717, 1.165) is 8.87 Å². The van der Waals surface area contributed by atoms with E-state index in [1.165, 1.54) is 34.1 Å². The van der Waals surface area contributed by atoms with Gasteiger partial charge in [-0.25, -0.2) is 9.18 Å². The van der Waals surface area contributed by atoms with Crippen LogP contribution in [0.15, 0.2) is 45.7 Å². The topological polar surface area (TPSA) is 131 Å². The minimum Gasteiger partial charge on any atom is -0.755 e. The van der Waals surface area contributed by atoms with Crippen LogP contribution in [0.25, 0.3) is 10.9 Å². The van der Waals surface area contributed by atoms with Crippen molar-refractivity contribution in [2.75, 3.05) is 11.0 Å². The van der Waals surface area contributed by atoms with E-state index in [1.54, 1.807) is 29.6 Å². The third-order valence-electron chi connectivity index (χ3n) is 5.90. The standard InChI is InChI=1S/C20H20FN7O4S2/c1-25-8-13(7-23-25)9-27-18(29)15-6-14(28(34(31)32)20(11-21)4-5-20)2-3-16(15)26(19(27)30)10-17-24-22-12-33-17/h2-3,6-8,12H,4-5,9-11H2,1H3,(H,31,32)/p-1. The number of nitrogens with zero attached hydrogens (tertiary/aromatic N) is 7. The highest BCUT2D eigenvalue weighted by atomic mass is 32.2. The van der Waals surface area contributed by atoms with Gasteiger partial charge in [-0.05, 0) is 31.0 Å². The Balaban J connectivity index is 1.72. The molecule has 3 heterocycles. The number of hydrogen-bond acceptors (Lipinski definition) is 8. The smallest absolute Gasteiger partial charge is 0.332 e. The molecule has 14 heteroatoms. The molecule has 0 aliphatic heterocycles. The number of aryl methyl sites for hydroxylation is 1. The molecule has 1 aliphatic rings. The number of benzene rings is 1. The van der Waals surface area contributed by atoms with E-state index < -0.39 is 34.7 Å². The van der Waals surface area contributed by atoms with Crippen LogP contribution >= 0.6 is 11.3 Å². The highest BCUT2D eigenvalue weighted by Gasteiger charge is 2.49. The van der Waals surface area contributed by atoms with Crippen molar-refractivity contribution in [3.63, 3.8) is 0 Å². The maximum absolute atomic E-state index is 13.7. The van der Waals surface area contributed by atoms with Gasteiger partial charge >= 0.3 is 5.69 Å². The summed E-state index contributed by atoms with van der Waals surface area (Å²) >= 11 is -1.48. The van der Waals surface area contributed by atoms with Crippen molar-refractivity contribution in [2.45, 2.75) is 31.5 Å². The predicted octanol–water partition coefficient (Wildman–Crippen LogP) is 0.947. The summed E-state index contributed by atoms with van der Waals surface area (Å²) in [5, 5.41) is 12.6. The molecule has 1 aliphatic carbocycles. The highest BCUT2D eigenvalue weighted by molar-refractivity contribution is 7.80. The first-order valence-corrected chi connectivity index (χ1v) is 12.2. The first kappa shape index (κ1) is 22.6. The zero-order valence-electron chi connectivity index (χ0n) is 18.0. The Morgan fingerprint density at radius 3 is 2.65 bits per heavy atom. The largest absolute Gasteiger partial charge is 0.755 e. The molecular formula is C20H19FN7O4S2-. The Hall–Kier alpha value is -3.23. The van der Waals surface area contributed by atoms with E-state index in [0.29, 0.717) is 28.9 Å². The number of rotatable bonds is 8. The van der Waals surface area contributed by atoms with Crippen LogP contribution in [0.3, 0.4) is 0 Å². The van der Waals surface area contributed by atoms with E-state index in [4.69, 9.17) is 0 Å². The average molecular weight is 505 g/mol. The Morgan fingerprint density at radius 1 is 1.26 bits per heavy atom. The lowest BCUT2D eigenvalue weighted by Crippen LogP contribution is -2.42. The minimum absolute atomic E-state index is 0.0204. The molecule has 1 saturated carbocycles. The van der Waals surface area contributed by atoms with Gasteiger partial charge < -0.3 is 4.55 Å². The van der Waals surface area contributed by atoms with Crippen LogP contribution in [0.2, 0.25) is 0 Å². The van der Waals surface area contributed by atoms with E-state index in [1.807, 2.05) is 0 Å². The van der Waals surface area contributed by atoms with Crippen LogP contribution in [0.4, 0.5) is 10.1 Å². The molecule has 3 aromatic heterocycles. The first-order chi connectivity index (χ1) is 16.3. The van der Waals surface area contributed by atoms with Crippen LogP contribution in [-0.2, 0) is 31.4 Å². The number of alkyl halides is 1. The van der Waals surface area contributed by atoms with Crippen LogP contribution in [0.1, 0.15) is 23.4 Å². The molecular weight excluding hydrogens is 485 g/mol. The molecule has 5 rings (SSSR count). The summed E-state index contributed by atoms with van der Waals surface area (Å²) < 4.78 is 42.7. The molecule has 0 spiro atoms. The van der Waals surface area contributed by atoms with Crippen molar-refractivity contribution < 1.29 is 13.2 Å². The zero-order valence-corrected chi connectivity index (χ0v) is 19.6. The summed E-state index contributed by atoms with van der Waals surface area (Å²) in [6.07, 6.45) is 4.03. The molecule has 0 bridgehead atoms. The normalized spacial score (nSPS) is 15.5. The Morgan fingerprint density at radius 2 is 2.06 bits per heavy atom. The molecule has 1 aromatic carbocycles. The Bertz CT molecular complexity index is 1510. The van der Waals surface area contributed by atoms with Crippen molar-refractivity contribution in [3.05, 3.63) is 67.5 Å². The summed E-state index contributed by atoms with van der Waals surface area (Å²) in [7, 11) is 1.73. The molecule has 34 heavy (non-hydrogen) atoms. The lowest BCUT2D eigenvalue weighted by Gasteiger charge is -2.33. The van der Waals surface area contributed by atoms with Crippen molar-refractivity contribution in [1.82, 2.24) is 29.1 Å². The quantitative estimate of drug-likeness (QED) is 0.327. The van der Waals surface area contributed by atoms with Gasteiger partial charge in [0.1, 0.15) is 17.2 Å². The number of hydrogen-bond donors (Lipinski definition) is 0. The van der Waals surface area contributed by atoms with Crippen LogP contribution in [-0.4, -0.2) is 50.1 Å². The number of aromatic nitrogens is 6. The third kappa shape index (κ3) is 3.86. The molecule has 0 N–H and O–H groups in total. The number of halogens is 1. The molecule has 0 radical (unpaired) electrons. The lowest BCUT2D eigenvalue weighted by molar-refractivity contribution is 0.411. The maximum atomic E-state index is 13.7. The number of fused-ring (bicyclic) bond motifs is 1. The van der Waals surface area contributed by atoms with Crippen molar-refractivity contribution in [2.24, 2.45) is 7.05 Å². The summed E-state index contributed by atoms with van der Waals surface area (Å²) in [6, 6.07) is 4.39. The van der Waals surface area contributed by atoms with E-state index in [2.05, 4.69) is 15.3 Å². The predicted molar refractivity (Wildman–Crippen MR) is 123 cm³/mol. The molecule has 1 atom stereocenters. The second kappa shape index (κ2) is 8.52. The van der Waals surface area contributed by atoms with Crippen LogP contribution in [0.5, 0.6) is 0 Å². The fourth-order valence-corrected chi connectivity index (χ4v) is 5.37. The number of anilines is 1. The van der Waals surface area contributed by atoms with Gasteiger partial charge in [0.2, 0.25) is 0 Å². The molecule has 1 fully saturated rings. The van der Waals surface area contributed by atoms with Gasteiger partial charge in [-0.1, -0.05) is 0 Å². The van der Waals surface area contributed by atoms with Gasteiger partial charge in [0.05, 0.1) is 35.7 Å². The SMILES string of the molecule is Cn1cc(Cn2c(=O)c3cc(N(S(=O)[O-])C4(CF)CC4)ccc3n(Cc3nncs3)c2=O)cn1. The lowest BCUT2D eigenvalue weighted by atomic mass is 10.2. The van der Waals surface area contributed by atoms with Gasteiger partial charge in [0, 0.05) is 35.8 Å². The van der Waals surface area contributed by atoms with Crippen LogP contribution < -0.4 is 15.6 Å². The molecule has 11 nitrogen and oxygen atoms in total. The monoisotopic (exact) mass is 504 g/mol. The fourth-order valence-electron chi connectivity index (χ4n) is 4.02. The summed E-state index contributed by atoms with van der Waals surface area (Å²) in [6.45, 7) is -0.771. The Labute approximate surface area is 198 Å². The van der Waals surface area contributed by atoms with Gasteiger partial charge in [-0.3, -0.25) is 27.1 Å². The van der Waals surface area contributed by atoms with Gasteiger partial charge in [0.25, 0.3) is 5.56 Å². The summed E-state index contributed by atoms with van der Waals surface area (Å²) in [5.41, 5.74) is 0.420. The highest BCUT2D eigenvalue weighted by Crippen LogP contribution is 2.45. The van der Waals surface area contributed by atoms with Gasteiger partial charge in [0.15, 0.2) is 0 Å². The summed E-state index contributed by atoms with van der Waals surface area (Å²) in [5.74, 6) is 0. The van der Waals surface area contributed by atoms with Crippen LogP contribution in [0, 0.1) is 0 Å². The average Bonchev–Trinajstić information content (AvgIpc) is 3.20. The second-order valence-corrected chi connectivity index (χ2v) is 9.90. The third-order valence-corrected chi connectivity index (χ3v) is 7.47. The zero-order chi connectivity index (χ0) is 24.0. The van der Waals surface area contributed by atoms with Crippen molar-refractivity contribution in [1.29, 1.82) is 0 Å². The molecule has 0 saturated heterocycles. The van der Waals surface area contributed by atoms with Gasteiger partial charge in [-0.15, -0.1) is 21.5 Å². The first-order valence-electron chi connectivity index (χ1n) is 10.3. The minimum atomic E-state index is -2.74. The van der Waals surface area contributed by atoms with Gasteiger partial charge in [-0.2, -0.15) is 5.10 Å². The fraction of sp³-hybridized carbons (Fsp3) is 0.350. The van der Waals surface area contributed by atoms with E-state index in [-0.39, 0.29) is 24.2 Å². The van der Waals surface area contributed by atoms with E-state index >= 15 is 0 Å². The summed E-state index contributed by atoms with van der Waals surface area (Å²) in [4.78, 5) is 26.8. The van der Waals surface area contributed by atoms with E-state index in [9.17, 15) is 22.7 Å². The maximum Gasteiger partial charge on any atom is 0.332 e. The molecule has 4 aromatic rings. The molecule has 0 amide bonds.